The summed E-state index contributed by atoms with van der Waals surface area (Å²) in [4.78, 5) is 0. The van der Waals surface area contributed by atoms with Crippen molar-refractivity contribution < 1.29 is 25.9 Å². The first kappa shape index (κ1) is 13.6. The molecule has 1 aromatic heterocycles. The zero-order valence-electron chi connectivity index (χ0n) is 9.76. The fourth-order valence-corrected chi connectivity index (χ4v) is 1.67. The van der Waals surface area contributed by atoms with Gasteiger partial charge in [-0.05, 0) is 18.2 Å². The van der Waals surface area contributed by atoms with E-state index < -0.39 is 21.8 Å². The Kier molecular flexibility index (Phi) is 3.63. The number of hydrogen-bond acceptors (Lipinski definition) is 5. The molecule has 0 aliphatic heterocycles. The van der Waals surface area contributed by atoms with Crippen LogP contribution in [-0.4, -0.2) is 19.8 Å². The van der Waals surface area contributed by atoms with Crippen molar-refractivity contribution in [3.8, 4) is 11.3 Å². The fraction of sp³-hybridized carbons (Fsp3) is 0.182. The molecule has 0 saturated carbocycles. The molecule has 0 radical (unpaired) electrons. The SMILES string of the molecule is CS(=O)(=O)OCc1cc(-c2ccc(F)c(F)c2)no1. The minimum absolute atomic E-state index is 0.158. The molecule has 19 heavy (non-hydrogen) atoms. The molecule has 0 saturated heterocycles. The topological polar surface area (TPSA) is 69.4 Å². The van der Waals surface area contributed by atoms with Crippen molar-refractivity contribution in [2.45, 2.75) is 6.61 Å². The summed E-state index contributed by atoms with van der Waals surface area (Å²) in [6, 6.07) is 4.65. The summed E-state index contributed by atoms with van der Waals surface area (Å²) >= 11 is 0. The van der Waals surface area contributed by atoms with Crippen LogP contribution >= 0.6 is 0 Å². The number of aromatic nitrogens is 1. The van der Waals surface area contributed by atoms with Crippen LogP contribution in [0.5, 0.6) is 0 Å². The van der Waals surface area contributed by atoms with Crippen LogP contribution < -0.4 is 0 Å². The van der Waals surface area contributed by atoms with E-state index in [1.54, 1.807) is 0 Å². The lowest BCUT2D eigenvalue weighted by molar-refractivity contribution is 0.256. The van der Waals surface area contributed by atoms with Gasteiger partial charge in [0.1, 0.15) is 12.3 Å². The summed E-state index contributed by atoms with van der Waals surface area (Å²) in [5, 5.41) is 3.62. The average molecular weight is 289 g/mol. The van der Waals surface area contributed by atoms with Crippen LogP contribution in [-0.2, 0) is 20.9 Å². The number of rotatable bonds is 4. The lowest BCUT2D eigenvalue weighted by Crippen LogP contribution is -2.01. The highest BCUT2D eigenvalue weighted by Crippen LogP contribution is 2.21. The molecule has 0 amide bonds. The predicted octanol–water partition coefficient (Wildman–Crippen LogP) is 2.10. The summed E-state index contributed by atoms with van der Waals surface area (Å²) in [5.74, 6) is -1.81. The molecule has 2 rings (SSSR count). The number of halogens is 2. The van der Waals surface area contributed by atoms with E-state index in [1.165, 1.54) is 12.1 Å². The van der Waals surface area contributed by atoms with Gasteiger partial charge in [-0.1, -0.05) is 5.16 Å². The average Bonchev–Trinajstić information content (AvgIpc) is 2.78. The first-order valence-corrected chi connectivity index (χ1v) is 6.92. The summed E-state index contributed by atoms with van der Waals surface area (Å²) < 4.78 is 56.7. The predicted molar refractivity (Wildman–Crippen MR) is 61.5 cm³/mol. The summed E-state index contributed by atoms with van der Waals surface area (Å²) in [7, 11) is -3.59. The van der Waals surface area contributed by atoms with Gasteiger partial charge >= 0.3 is 0 Å². The lowest BCUT2D eigenvalue weighted by atomic mass is 10.1. The molecule has 5 nitrogen and oxygen atoms in total. The minimum atomic E-state index is -3.59. The molecule has 1 heterocycles. The van der Waals surface area contributed by atoms with Crippen molar-refractivity contribution in [2.75, 3.05) is 6.26 Å². The molecule has 0 bridgehead atoms. The number of benzene rings is 1. The maximum Gasteiger partial charge on any atom is 0.264 e. The van der Waals surface area contributed by atoms with E-state index in [-0.39, 0.29) is 18.1 Å². The molecule has 0 spiro atoms. The van der Waals surface area contributed by atoms with Gasteiger partial charge in [-0.25, -0.2) is 8.78 Å². The molecule has 0 fully saturated rings. The second-order valence-corrected chi connectivity index (χ2v) is 5.42. The molecule has 0 aliphatic carbocycles. The monoisotopic (exact) mass is 289 g/mol. The van der Waals surface area contributed by atoms with E-state index in [2.05, 4.69) is 9.34 Å². The number of nitrogens with zero attached hydrogens (tertiary/aromatic N) is 1. The Hall–Kier alpha value is -1.80. The molecule has 102 valence electrons. The third-order valence-corrected chi connectivity index (χ3v) is 2.74. The first-order valence-electron chi connectivity index (χ1n) is 5.10. The van der Waals surface area contributed by atoms with Crippen LogP contribution in [0.1, 0.15) is 5.76 Å². The van der Waals surface area contributed by atoms with E-state index in [0.717, 1.165) is 18.4 Å². The van der Waals surface area contributed by atoms with Gasteiger partial charge in [0.25, 0.3) is 10.1 Å². The summed E-state index contributed by atoms with van der Waals surface area (Å²) in [6.07, 6.45) is 0.902. The molecule has 0 atom stereocenters. The van der Waals surface area contributed by atoms with Crippen molar-refractivity contribution in [1.29, 1.82) is 0 Å². The Morgan fingerprint density at radius 1 is 1.26 bits per heavy atom. The van der Waals surface area contributed by atoms with Crippen LogP contribution in [0, 0.1) is 11.6 Å². The van der Waals surface area contributed by atoms with Gasteiger partial charge in [0.05, 0.1) is 6.26 Å². The molecule has 8 heteroatoms. The van der Waals surface area contributed by atoms with Gasteiger partial charge in [-0.2, -0.15) is 8.42 Å². The van der Waals surface area contributed by atoms with Crippen LogP contribution in [0.2, 0.25) is 0 Å². The van der Waals surface area contributed by atoms with Crippen molar-refractivity contribution in [1.82, 2.24) is 5.16 Å². The van der Waals surface area contributed by atoms with E-state index in [9.17, 15) is 17.2 Å². The lowest BCUT2D eigenvalue weighted by Gasteiger charge is -1.96. The van der Waals surface area contributed by atoms with E-state index in [1.807, 2.05) is 0 Å². The maximum atomic E-state index is 13.0. The molecule has 1 aromatic carbocycles. The fourth-order valence-electron chi connectivity index (χ4n) is 1.34. The molecule has 0 unspecified atom stereocenters. The smallest absolute Gasteiger partial charge is 0.264 e. The van der Waals surface area contributed by atoms with Crippen molar-refractivity contribution in [2.24, 2.45) is 0 Å². The van der Waals surface area contributed by atoms with Gasteiger partial charge < -0.3 is 4.52 Å². The third-order valence-electron chi connectivity index (χ3n) is 2.19. The van der Waals surface area contributed by atoms with Gasteiger partial charge in [0.15, 0.2) is 17.4 Å². The second-order valence-electron chi connectivity index (χ2n) is 3.77. The van der Waals surface area contributed by atoms with Crippen LogP contribution in [0.3, 0.4) is 0 Å². The highest BCUT2D eigenvalue weighted by atomic mass is 32.2. The van der Waals surface area contributed by atoms with Crippen LogP contribution in [0.25, 0.3) is 11.3 Å². The third kappa shape index (κ3) is 3.58. The van der Waals surface area contributed by atoms with E-state index in [4.69, 9.17) is 4.52 Å². The van der Waals surface area contributed by atoms with Crippen LogP contribution in [0.15, 0.2) is 28.8 Å². The zero-order valence-corrected chi connectivity index (χ0v) is 10.6. The van der Waals surface area contributed by atoms with Crippen LogP contribution in [0.4, 0.5) is 8.78 Å². The van der Waals surface area contributed by atoms with E-state index in [0.29, 0.717) is 5.56 Å². The Morgan fingerprint density at radius 2 is 2.00 bits per heavy atom. The van der Waals surface area contributed by atoms with Crippen molar-refractivity contribution in [3.63, 3.8) is 0 Å². The standard InChI is InChI=1S/C11H9F2NO4S/c1-19(15,16)17-6-8-5-11(14-18-8)7-2-3-9(12)10(13)4-7/h2-5H,6H2,1H3. The minimum Gasteiger partial charge on any atom is -0.358 e. The molecule has 0 N–H and O–H groups in total. The Balaban J connectivity index is 2.18. The Morgan fingerprint density at radius 3 is 2.63 bits per heavy atom. The van der Waals surface area contributed by atoms with Crippen molar-refractivity contribution in [3.05, 3.63) is 41.7 Å². The quantitative estimate of drug-likeness (QED) is 0.806. The largest absolute Gasteiger partial charge is 0.358 e. The highest BCUT2D eigenvalue weighted by molar-refractivity contribution is 7.85. The van der Waals surface area contributed by atoms with Gasteiger partial charge in [0, 0.05) is 11.6 Å². The normalized spacial score (nSPS) is 11.7. The van der Waals surface area contributed by atoms with Gasteiger partial charge in [-0.3, -0.25) is 4.18 Å². The summed E-state index contributed by atoms with van der Waals surface area (Å²) in [5.41, 5.74) is 0.569. The zero-order chi connectivity index (χ0) is 14.0. The molecular weight excluding hydrogens is 280 g/mol. The maximum absolute atomic E-state index is 13.0. The molecule has 2 aromatic rings. The van der Waals surface area contributed by atoms with Crippen molar-refractivity contribution >= 4 is 10.1 Å². The first-order chi connectivity index (χ1) is 8.85. The molecule has 0 aliphatic rings. The number of hydrogen-bond donors (Lipinski definition) is 0. The molecular formula is C11H9F2NO4S. The van der Waals surface area contributed by atoms with Gasteiger partial charge in [0.2, 0.25) is 0 Å². The van der Waals surface area contributed by atoms with Gasteiger partial charge in [-0.15, -0.1) is 0 Å². The van der Waals surface area contributed by atoms with E-state index >= 15 is 0 Å². The highest BCUT2D eigenvalue weighted by Gasteiger charge is 2.11. The second kappa shape index (κ2) is 5.06. The summed E-state index contributed by atoms with van der Waals surface area (Å²) in [6.45, 7) is -0.310. The Labute approximate surface area is 107 Å². The Bertz CT molecular complexity index is 696.